The van der Waals surface area contributed by atoms with E-state index in [2.05, 4.69) is 25.6 Å². The zero-order valence-electron chi connectivity index (χ0n) is 16.9. The van der Waals surface area contributed by atoms with Crippen molar-refractivity contribution in [2.24, 2.45) is 4.99 Å². The molecule has 7 nitrogen and oxygen atoms in total. The molecule has 3 aromatic rings. The summed E-state index contributed by atoms with van der Waals surface area (Å²) in [5, 5.41) is 6.58. The van der Waals surface area contributed by atoms with Gasteiger partial charge in [-0.2, -0.15) is 0 Å². The van der Waals surface area contributed by atoms with Crippen LogP contribution in [0.25, 0.3) is 11.0 Å². The third-order valence-electron chi connectivity index (χ3n) is 4.38. The minimum absolute atomic E-state index is 0. The molecule has 0 aliphatic carbocycles. The molecule has 0 saturated carbocycles. The summed E-state index contributed by atoms with van der Waals surface area (Å²) in [5.41, 5.74) is 3.80. The molecular formula is C21H27IN6O. The lowest BCUT2D eigenvalue weighted by molar-refractivity contribution is 0.0827. The van der Waals surface area contributed by atoms with E-state index in [1.165, 1.54) is 0 Å². The Labute approximate surface area is 188 Å². The van der Waals surface area contributed by atoms with Crippen LogP contribution in [0.2, 0.25) is 0 Å². The Morgan fingerprint density at radius 1 is 1.10 bits per heavy atom. The van der Waals surface area contributed by atoms with E-state index in [4.69, 9.17) is 0 Å². The molecule has 0 saturated heterocycles. The number of aromatic nitrogens is 2. The van der Waals surface area contributed by atoms with Crippen molar-refractivity contribution in [3.63, 3.8) is 0 Å². The quantitative estimate of drug-likeness (QED) is 0.273. The number of hydrogen-bond donors (Lipinski definition) is 3. The number of guanidine groups is 1. The van der Waals surface area contributed by atoms with E-state index in [0.29, 0.717) is 12.1 Å². The van der Waals surface area contributed by atoms with Crippen LogP contribution in [0.15, 0.2) is 53.5 Å². The normalized spacial score (nSPS) is 11.1. The minimum atomic E-state index is 0. The SMILES string of the molecule is CN=C(NCCc1nc2ccccc2[nH]1)NCc1ccc(C(=O)N(C)C)cc1.I. The van der Waals surface area contributed by atoms with Crippen molar-refractivity contribution < 1.29 is 4.79 Å². The van der Waals surface area contributed by atoms with Crippen LogP contribution in [0.5, 0.6) is 0 Å². The van der Waals surface area contributed by atoms with Crippen molar-refractivity contribution in [1.29, 1.82) is 0 Å². The molecule has 0 aliphatic rings. The van der Waals surface area contributed by atoms with E-state index in [1.54, 1.807) is 26.0 Å². The van der Waals surface area contributed by atoms with Gasteiger partial charge in [-0.25, -0.2) is 4.98 Å². The Morgan fingerprint density at radius 2 is 1.83 bits per heavy atom. The maximum absolute atomic E-state index is 11.9. The lowest BCUT2D eigenvalue weighted by Crippen LogP contribution is -2.37. The molecule has 3 rings (SSSR count). The molecule has 0 bridgehead atoms. The summed E-state index contributed by atoms with van der Waals surface area (Å²) in [6.07, 6.45) is 0.775. The fourth-order valence-corrected chi connectivity index (χ4v) is 2.85. The summed E-state index contributed by atoms with van der Waals surface area (Å²) in [6.45, 7) is 1.34. The average Bonchev–Trinajstić information content (AvgIpc) is 3.13. The Hall–Kier alpha value is -2.62. The number of rotatable bonds is 6. The zero-order valence-corrected chi connectivity index (χ0v) is 19.2. The van der Waals surface area contributed by atoms with E-state index in [0.717, 1.165) is 41.3 Å². The standard InChI is InChI=1S/C21H26N6O.HI/c1-22-21(23-13-12-19-25-17-6-4-5-7-18(17)26-19)24-14-15-8-10-16(11-9-15)20(28)27(2)3;/h4-11H,12-14H2,1-3H3,(H,25,26)(H2,22,23,24);1H. The van der Waals surface area contributed by atoms with Crippen molar-refractivity contribution in [1.82, 2.24) is 25.5 Å². The molecule has 3 N–H and O–H groups in total. The molecule has 0 atom stereocenters. The summed E-state index contributed by atoms with van der Waals surface area (Å²) < 4.78 is 0. The number of para-hydroxylation sites is 2. The first-order valence-corrected chi connectivity index (χ1v) is 9.25. The van der Waals surface area contributed by atoms with Crippen LogP contribution in [0, 0.1) is 0 Å². The van der Waals surface area contributed by atoms with Crippen molar-refractivity contribution >= 4 is 46.9 Å². The van der Waals surface area contributed by atoms with Crippen LogP contribution < -0.4 is 10.6 Å². The van der Waals surface area contributed by atoms with Crippen molar-refractivity contribution in [3.05, 3.63) is 65.5 Å². The second kappa shape index (κ2) is 10.8. The van der Waals surface area contributed by atoms with Gasteiger partial charge in [0.15, 0.2) is 5.96 Å². The van der Waals surface area contributed by atoms with Crippen LogP contribution in [-0.4, -0.2) is 54.4 Å². The Balaban J connectivity index is 0.00000300. The molecule has 2 aromatic carbocycles. The maximum atomic E-state index is 11.9. The molecule has 0 aliphatic heterocycles. The fourth-order valence-electron chi connectivity index (χ4n) is 2.85. The number of aromatic amines is 1. The van der Waals surface area contributed by atoms with Gasteiger partial charge in [-0.15, -0.1) is 24.0 Å². The number of nitrogens with one attached hydrogen (secondary N) is 3. The molecule has 154 valence electrons. The number of fused-ring (bicyclic) bond motifs is 1. The van der Waals surface area contributed by atoms with E-state index in [-0.39, 0.29) is 29.9 Å². The topological polar surface area (TPSA) is 85.4 Å². The molecule has 1 heterocycles. The van der Waals surface area contributed by atoms with Gasteiger partial charge in [0.1, 0.15) is 5.82 Å². The van der Waals surface area contributed by atoms with E-state index in [9.17, 15) is 4.79 Å². The largest absolute Gasteiger partial charge is 0.356 e. The Bertz CT molecular complexity index is 932. The predicted octanol–water partition coefficient (Wildman–Crippen LogP) is 2.79. The number of halogens is 1. The number of aliphatic imine (C=N–C) groups is 1. The van der Waals surface area contributed by atoms with E-state index in [1.807, 2.05) is 48.5 Å². The van der Waals surface area contributed by atoms with Gasteiger partial charge in [-0.3, -0.25) is 9.79 Å². The van der Waals surface area contributed by atoms with E-state index < -0.39 is 0 Å². The van der Waals surface area contributed by atoms with Gasteiger partial charge in [0.2, 0.25) is 0 Å². The highest BCUT2D eigenvalue weighted by molar-refractivity contribution is 14.0. The van der Waals surface area contributed by atoms with Crippen molar-refractivity contribution in [2.75, 3.05) is 27.7 Å². The third-order valence-corrected chi connectivity index (χ3v) is 4.38. The molecular weight excluding hydrogens is 479 g/mol. The van der Waals surface area contributed by atoms with Gasteiger partial charge in [0.05, 0.1) is 11.0 Å². The molecule has 0 radical (unpaired) electrons. The third kappa shape index (κ3) is 6.18. The number of carbonyl (C=O) groups is 1. The second-order valence-corrected chi connectivity index (χ2v) is 6.70. The molecule has 29 heavy (non-hydrogen) atoms. The molecule has 0 unspecified atom stereocenters. The molecule has 8 heteroatoms. The zero-order chi connectivity index (χ0) is 19.9. The number of carbonyl (C=O) groups excluding carboxylic acids is 1. The van der Waals surface area contributed by atoms with Gasteiger partial charge in [-0.1, -0.05) is 24.3 Å². The number of hydrogen-bond acceptors (Lipinski definition) is 3. The lowest BCUT2D eigenvalue weighted by atomic mass is 10.1. The van der Waals surface area contributed by atoms with Crippen molar-refractivity contribution in [2.45, 2.75) is 13.0 Å². The van der Waals surface area contributed by atoms with Gasteiger partial charge in [0, 0.05) is 46.2 Å². The minimum Gasteiger partial charge on any atom is -0.356 e. The average molecular weight is 506 g/mol. The van der Waals surface area contributed by atoms with Gasteiger partial charge in [-0.05, 0) is 29.8 Å². The predicted molar refractivity (Wildman–Crippen MR) is 128 cm³/mol. The van der Waals surface area contributed by atoms with Crippen LogP contribution in [-0.2, 0) is 13.0 Å². The number of nitrogens with zero attached hydrogens (tertiary/aromatic N) is 3. The van der Waals surface area contributed by atoms with Crippen LogP contribution >= 0.6 is 24.0 Å². The summed E-state index contributed by atoms with van der Waals surface area (Å²) >= 11 is 0. The number of imidazole rings is 1. The molecule has 1 amide bonds. The highest BCUT2D eigenvalue weighted by Gasteiger charge is 2.07. The smallest absolute Gasteiger partial charge is 0.253 e. The second-order valence-electron chi connectivity index (χ2n) is 6.70. The Kier molecular flexibility index (Phi) is 8.44. The lowest BCUT2D eigenvalue weighted by Gasteiger charge is -2.13. The monoisotopic (exact) mass is 506 g/mol. The Morgan fingerprint density at radius 3 is 2.48 bits per heavy atom. The highest BCUT2D eigenvalue weighted by atomic mass is 127. The fraction of sp³-hybridized carbons (Fsp3) is 0.286. The first kappa shape index (κ1) is 22.7. The summed E-state index contributed by atoms with van der Waals surface area (Å²) in [6, 6.07) is 15.6. The van der Waals surface area contributed by atoms with Crippen molar-refractivity contribution in [3.8, 4) is 0 Å². The van der Waals surface area contributed by atoms with Gasteiger partial charge < -0.3 is 20.5 Å². The van der Waals surface area contributed by atoms with Gasteiger partial charge >= 0.3 is 0 Å². The van der Waals surface area contributed by atoms with Gasteiger partial charge in [0.25, 0.3) is 5.91 Å². The number of amides is 1. The van der Waals surface area contributed by atoms with E-state index >= 15 is 0 Å². The molecule has 1 aromatic heterocycles. The molecule has 0 spiro atoms. The first-order valence-electron chi connectivity index (χ1n) is 9.25. The summed E-state index contributed by atoms with van der Waals surface area (Å²) in [4.78, 5) is 25.7. The first-order chi connectivity index (χ1) is 13.6. The van der Waals surface area contributed by atoms with Crippen LogP contribution in [0.1, 0.15) is 21.7 Å². The summed E-state index contributed by atoms with van der Waals surface area (Å²) in [5.74, 6) is 1.68. The van der Waals surface area contributed by atoms with Crippen LogP contribution in [0.3, 0.4) is 0 Å². The summed E-state index contributed by atoms with van der Waals surface area (Å²) in [7, 11) is 5.24. The number of H-pyrrole nitrogens is 1. The number of benzene rings is 2. The highest BCUT2D eigenvalue weighted by Crippen LogP contribution is 2.10. The van der Waals surface area contributed by atoms with Crippen LogP contribution in [0.4, 0.5) is 0 Å². The molecule has 0 fully saturated rings. The maximum Gasteiger partial charge on any atom is 0.253 e.